The average Bonchev–Trinajstić information content (AvgIpc) is 2.93. The molecule has 1 N–H and O–H groups in total. The Bertz CT molecular complexity index is 1670. The molecular weight excluding hydrogens is 586 g/mol. The van der Waals surface area contributed by atoms with Crippen molar-refractivity contribution < 1.29 is 28.5 Å². The van der Waals surface area contributed by atoms with E-state index in [-0.39, 0.29) is 6.61 Å². The number of methoxy groups -OCH3 is 3. The van der Waals surface area contributed by atoms with Gasteiger partial charge in [-0.05, 0) is 77.3 Å². The highest BCUT2D eigenvalue weighted by atomic mass is 79.9. The number of hydrogen-bond acceptors (Lipinski definition) is 9. The van der Waals surface area contributed by atoms with Crippen molar-refractivity contribution in [1.29, 1.82) is 0 Å². The van der Waals surface area contributed by atoms with E-state index in [1.165, 1.54) is 14.2 Å². The smallest absolute Gasteiger partial charge is 0.364 e. The fourth-order valence-corrected chi connectivity index (χ4v) is 4.55. The van der Waals surface area contributed by atoms with Gasteiger partial charge < -0.3 is 23.7 Å². The van der Waals surface area contributed by atoms with Crippen LogP contribution in [0.15, 0.2) is 62.6 Å². The van der Waals surface area contributed by atoms with E-state index in [0.717, 1.165) is 9.15 Å². The Morgan fingerprint density at radius 1 is 0.925 bits per heavy atom. The van der Waals surface area contributed by atoms with Gasteiger partial charge >= 0.3 is 11.7 Å². The zero-order valence-corrected chi connectivity index (χ0v) is 24.0. The molecule has 0 amide bonds. The van der Waals surface area contributed by atoms with Crippen molar-refractivity contribution in [3.05, 3.63) is 96.2 Å². The van der Waals surface area contributed by atoms with Gasteiger partial charge in [-0.1, -0.05) is 12.1 Å². The number of aromatic nitrogens is 3. The Kier molecular flexibility index (Phi) is 8.58. The number of nitrogens with one attached hydrogen (secondary N) is 1. The van der Waals surface area contributed by atoms with E-state index in [4.69, 9.17) is 23.7 Å². The Balaban J connectivity index is 1.62. The van der Waals surface area contributed by atoms with E-state index in [9.17, 15) is 14.4 Å². The molecule has 0 atom stereocenters. The molecule has 1 heterocycles. The van der Waals surface area contributed by atoms with Gasteiger partial charge in [0.2, 0.25) is 5.69 Å². The third-order valence-corrected chi connectivity index (χ3v) is 6.52. The highest BCUT2D eigenvalue weighted by Crippen LogP contribution is 2.35. The minimum absolute atomic E-state index is 0.217. The van der Waals surface area contributed by atoms with Crippen LogP contribution >= 0.6 is 15.9 Å². The summed E-state index contributed by atoms with van der Waals surface area (Å²) in [7, 11) is 4.52. The third-order valence-electron chi connectivity index (χ3n) is 5.90. The molecule has 4 rings (SSSR count). The summed E-state index contributed by atoms with van der Waals surface area (Å²) in [4.78, 5) is 40.1. The van der Waals surface area contributed by atoms with Crippen molar-refractivity contribution >= 4 is 21.9 Å². The first kappa shape index (κ1) is 28.4. The first-order valence-corrected chi connectivity index (χ1v) is 12.7. The fraction of sp³-hybridized carbons (Fsp3) is 0.214. The van der Waals surface area contributed by atoms with Crippen LogP contribution in [0.5, 0.6) is 28.7 Å². The first-order valence-electron chi connectivity index (χ1n) is 11.9. The Labute approximate surface area is 237 Å². The van der Waals surface area contributed by atoms with Crippen LogP contribution in [0.3, 0.4) is 0 Å². The van der Waals surface area contributed by atoms with Crippen LogP contribution in [0.1, 0.15) is 27.2 Å². The van der Waals surface area contributed by atoms with Gasteiger partial charge in [-0.2, -0.15) is 9.78 Å². The monoisotopic (exact) mass is 611 g/mol. The van der Waals surface area contributed by atoms with Gasteiger partial charge in [-0.3, -0.25) is 9.78 Å². The molecule has 0 spiro atoms. The number of esters is 1. The molecule has 0 radical (unpaired) electrons. The minimum Gasteiger partial charge on any atom is -0.496 e. The molecule has 3 aromatic carbocycles. The number of carbonyl (C=O) groups is 1. The summed E-state index contributed by atoms with van der Waals surface area (Å²) in [5, 5.41) is 4.03. The first-order chi connectivity index (χ1) is 19.2. The number of aromatic amines is 1. The zero-order valence-electron chi connectivity index (χ0n) is 22.4. The molecule has 12 heteroatoms. The van der Waals surface area contributed by atoms with Crippen molar-refractivity contribution in [3.8, 4) is 34.4 Å². The maximum Gasteiger partial charge on any atom is 0.364 e. The van der Waals surface area contributed by atoms with Gasteiger partial charge in [0.05, 0.1) is 31.5 Å². The van der Waals surface area contributed by atoms with Crippen molar-refractivity contribution in [2.45, 2.75) is 20.5 Å². The van der Waals surface area contributed by atoms with Crippen molar-refractivity contribution in [1.82, 2.24) is 14.8 Å². The molecule has 1 aromatic heterocycles. The van der Waals surface area contributed by atoms with E-state index in [1.807, 2.05) is 0 Å². The molecule has 0 unspecified atom stereocenters. The highest BCUT2D eigenvalue weighted by molar-refractivity contribution is 9.10. The van der Waals surface area contributed by atoms with E-state index >= 15 is 0 Å². The van der Waals surface area contributed by atoms with Crippen molar-refractivity contribution in [3.63, 3.8) is 0 Å². The fourth-order valence-electron chi connectivity index (χ4n) is 4.03. The maximum atomic E-state index is 12.8. The van der Waals surface area contributed by atoms with Gasteiger partial charge in [0, 0.05) is 5.56 Å². The highest BCUT2D eigenvalue weighted by Gasteiger charge is 2.20. The summed E-state index contributed by atoms with van der Waals surface area (Å²) >= 11 is 3.44. The Morgan fingerprint density at radius 2 is 1.62 bits per heavy atom. The van der Waals surface area contributed by atoms with Crippen LogP contribution < -0.4 is 30.2 Å². The summed E-state index contributed by atoms with van der Waals surface area (Å²) in [5.41, 5.74) is -0.147. The molecule has 208 valence electrons. The van der Waals surface area contributed by atoms with E-state index in [1.54, 1.807) is 69.5 Å². The summed E-state index contributed by atoms with van der Waals surface area (Å²) in [6.07, 6.45) is 0. The molecule has 11 nitrogen and oxygen atoms in total. The largest absolute Gasteiger partial charge is 0.496 e. The van der Waals surface area contributed by atoms with Crippen LogP contribution in [0, 0.1) is 13.8 Å². The number of carbonyl (C=O) groups excluding carboxylic acids is 1. The lowest BCUT2D eigenvalue weighted by Crippen LogP contribution is -2.36. The summed E-state index contributed by atoms with van der Waals surface area (Å²) in [6, 6.07) is 13.7. The molecule has 0 fully saturated rings. The van der Waals surface area contributed by atoms with E-state index in [0.29, 0.717) is 51.1 Å². The van der Waals surface area contributed by atoms with Gasteiger partial charge in [0.1, 0.15) is 23.9 Å². The summed E-state index contributed by atoms with van der Waals surface area (Å²) in [5.74, 6) is 1.64. The van der Waals surface area contributed by atoms with Crippen LogP contribution in [0.2, 0.25) is 0 Å². The van der Waals surface area contributed by atoms with E-state index < -0.39 is 22.9 Å². The second kappa shape index (κ2) is 12.1. The second-order valence-corrected chi connectivity index (χ2v) is 9.41. The van der Waals surface area contributed by atoms with Gasteiger partial charge in [0.25, 0.3) is 5.56 Å². The lowest BCUT2D eigenvalue weighted by molar-refractivity contribution is 0.0457. The molecule has 0 aliphatic rings. The molecule has 0 bridgehead atoms. The van der Waals surface area contributed by atoms with Crippen LogP contribution in [0.4, 0.5) is 0 Å². The Morgan fingerprint density at radius 3 is 2.25 bits per heavy atom. The normalized spacial score (nSPS) is 10.7. The topological polar surface area (TPSA) is 131 Å². The molecule has 40 heavy (non-hydrogen) atoms. The third kappa shape index (κ3) is 5.86. The predicted octanol–water partition coefficient (Wildman–Crippen LogP) is 4.48. The number of halogens is 1. The minimum atomic E-state index is -1.02. The molecule has 0 saturated heterocycles. The molecule has 0 saturated carbocycles. The van der Waals surface area contributed by atoms with Crippen LogP contribution in [0.25, 0.3) is 5.69 Å². The molecule has 0 aliphatic heterocycles. The Hall–Kier alpha value is -4.58. The number of rotatable bonds is 9. The van der Waals surface area contributed by atoms with Gasteiger partial charge in [-0.15, -0.1) is 0 Å². The van der Waals surface area contributed by atoms with Crippen molar-refractivity contribution in [2.75, 3.05) is 21.3 Å². The zero-order chi connectivity index (χ0) is 29.0. The van der Waals surface area contributed by atoms with Gasteiger partial charge in [0.15, 0.2) is 11.5 Å². The lowest BCUT2D eigenvalue weighted by atomic mass is 10.1. The number of aryl methyl sites for hydroxylation is 2. The second-order valence-electron chi connectivity index (χ2n) is 8.56. The predicted molar refractivity (Wildman–Crippen MR) is 149 cm³/mol. The molecule has 4 aromatic rings. The number of para-hydroxylation sites is 1. The standard InChI is InChI=1S/C28H26BrN3O8/c1-15-11-18(12-16(2)24(15)40-19-9-10-21(36-3)20(29)13-19)32-28(35)30-26(33)23(31-32)27(34)39-14-17-7-6-8-22(37-4)25(17)38-5/h6-13H,14H2,1-5H3,(H,30,33,35). The SMILES string of the molecule is COc1ccc(Oc2c(C)cc(-n3nc(C(=O)OCc4cccc(OC)c4OC)c(=O)[nH]c3=O)cc2C)cc1Br. The number of nitrogens with zero attached hydrogens (tertiary/aromatic N) is 2. The number of benzene rings is 3. The maximum absolute atomic E-state index is 12.8. The van der Waals surface area contributed by atoms with Crippen molar-refractivity contribution in [2.24, 2.45) is 0 Å². The lowest BCUT2D eigenvalue weighted by Gasteiger charge is -2.15. The number of H-pyrrole nitrogens is 1. The summed E-state index contributed by atoms with van der Waals surface area (Å²) in [6.45, 7) is 3.39. The molecule has 0 aliphatic carbocycles. The quantitative estimate of drug-likeness (QED) is 0.272. The summed E-state index contributed by atoms with van der Waals surface area (Å²) < 4.78 is 28.9. The van der Waals surface area contributed by atoms with E-state index in [2.05, 4.69) is 26.0 Å². The number of ether oxygens (including phenoxy) is 5. The molecular formula is C28H26BrN3O8. The van der Waals surface area contributed by atoms with Gasteiger partial charge in [-0.25, -0.2) is 9.59 Å². The van der Waals surface area contributed by atoms with Crippen LogP contribution in [-0.4, -0.2) is 42.1 Å². The van der Waals surface area contributed by atoms with Crippen LogP contribution in [-0.2, 0) is 11.3 Å². The number of hydrogen-bond donors (Lipinski definition) is 1. The average molecular weight is 612 g/mol.